The number of aliphatic hydroxyl groups excluding tert-OH is 1. The highest BCUT2D eigenvalue weighted by Crippen LogP contribution is 2.34. The molecular weight excluding hydrogens is 283 g/mol. The van der Waals surface area contributed by atoms with E-state index in [-0.39, 0.29) is 12.0 Å². The van der Waals surface area contributed by atoms with Crippen LogP contribution in [0.4, 0.5) is 13.2 Å². The van der Waals surface area contributed by atoms with Crippen molar-refractivity contribution in [3.05, 3.63) is 59.4 Å². The molecule has 0 saturated heterocycles. The van der Waals surface area contributed by atoms with Gasteiger partial charge in [0.1, 0.15) is 5.75 Å². The second-order valence-electron chi connectivity index (χ2n) is 4.53. The third-order valence-corrected chi connectivity index (χ3v) is 3.10. The number of aliphatic hydroxyl groups is 1. The van der Waals surface area contributed by atoms with Crippen molar-refractivity contribution in [1.29, 1.82) is 0 Å². The molecule has 1 aromatic carbocycles. The summed E-state index contributed by atoms with van der Waals surface area (Å²) in [6.45, 7) is 0. The molecule has 0 aliphatic rings. The quantitative estimate of drug-likeness (QED) is 0.940. The SMILES string of the molecule is COc1ccc(CC(O)c2cnccc2C(F)(F)F)cc1. The van der Waals surface area contributed by atoms with Gasteiger partial charge < -0.3 is 9.84 Å². The summed E-state index contributed by atoms with van der Waals surface area (Å²) >= 11 is 0. The highest BCUT2D eigenvalue weighted by Gasteiger charge is 2.34. The van der Waals surface area contributed by atoms with Crippen LogP contribution in [0.5, 0.6) is 5.75 Å². The van der Waals surface area contributed by atoms with Crippen LogP contribution in [0, 0.1) is 0 Å². The number of methoxy groups -OCH3 is 1. The fraction of sp³-hybridized carbons (Fsp3) is 0.267. The van der Waals surface area contributed by atoms with Crippen LogP contribution in [-0.4, -0.2) is 17.2 Å². The molecule has 0 saturated carbocycles. The topological polar surface area (TPSA) is 42.4 Å². The number of pyridine rings is 1. The molecule has 0 radical (unpaired) electrons. The molecule has 21 heavy (non-hydrogen) atoms. The summed E-state index contributed by atoms with van der Waals surface area (Å²) in [4.78, 5) is 3.67. The smallest absolute Gasteiger partial charge is 0.416 e. The third-order valence-electron chi connectivity index (χ3n) is 3.10. The predicted molar refractivity (Wildman–Crippen MR) is 70.9 cm³/mol. The zero-order valence-corrected chi connectivity index (χ0v) is 11.3. The summed E-state index contributed by atoms with van der Waals surface area (Å²) in [7, 11) is 1.52. The van der Waals surface area contributed by atoms with Crippen molar-refractivity contribution < 1.29 is 23.0 Å². The van der Waals surface area contributed by atoms with Crippen LogP contribution in [0.25, 0.3) is 0 Å². The molecule has 0 spiro atoms. The maximum atomic E-state index is 12.9. The lowest BCUT2D eigenvalue weighted by atomic mass is 9.98. The molecule has 2 rings (SSSR count). The first-order chi connectivity index (χ1) is 9.91. The molecular formula is C15H14F3NO2. The highest BCUT2D eigenvalue weighted by atomic mass is 19.4. The molecule has 0 bridgehead atoms. The molecule has 1 aromatic heterocycles. The van der Waals surface area contributed by atoms with Crippen LogP contribution in [0.2, 0.25) is 0 Å². The summed E-state index contributed by atoms with van der Waals surface area (Å²) in [6, 6.07) is 7.65. The van der Waals surface area contributed by atoms with Gasteiger partial charge in [0.15, 0.2) is 0 Å². The number of hydrogen-bond acceptors (Lipinski definition) is 3. The monoisotopic (exact) mass is 297 g/mol. The van der Waals surface area contributed by atoms with Crippen LogP contribution in [0.3, 0.4) is 0 Å². The fourth-order valence-electron chi connectivity index (χ4n) is 2.03. The lowest BCUT2D eigenvalue weighted by molar-refractivity contribution is -0.139. The molecule has 0 aliphatic carbocycles. The Morgan fingerprint density at radius 3 is 2.43 bits per heavy atom. The van der Waals surface area contributed by atoms with E-state index in [4.69, 9.17) is 4.74 Å². The third kappa shape index (κ3) is 3.72. The second-order valence-corrected chi connectivity index (χ2v) is 4.53. The molecule has 0 aliphatic heterocycles. The minimum Gasteiger partial charge on any atom is -0.497 e. The van der Waals surface area contributed by atoms with E-state index < -0.39 is 17.8 Å². The number of benzene rings is 1. The van der Waals surface area contributed by atoms with E-state index >= 15 is 0 Å². The maximum Gasteiger partial charge on any atom is 0.416 e. The normalized spacial score (nSPS) is 13.0. The zero-order chi connectivity index (χ0) is 15.5. The molecule has 0 amide bonds. The van der Waals surface area contributed by atoms with Crippen LogP contribution in [0.15, 0.2) is 42.7 Å². The van der Waals surface area contributed by atoms with Gasteiger partial charge in [-0.1, -0.05) is 12.1 Å². The van der Waals surface area contributed by atoms with Gasteiger partial charge in [-0.15, -0.1) is 0 Å². The first-order valence-electron chi connectivity index (χ1n) is 6.24. The first kappa shape index (κ1) is 15.3. The Kier molecular flexibility index (Phi) is 4.47. The summed E-state index contributed by atoms with van der Waals surface area (Å²) in [5.41, 5.74) is -0.375. The van der Waals surface area contributed by atoms with E-state index in [1.807, 2.05) is 0 Å². The summed E-state index contributed by atoms with van der Waals surface area (Å²) in [6.07, 6.45) is -3.61. The molecule has 1 unspecified atom stereocenters. The van der Waals surface area contributed by atoms with E-state index in [1.54, 1.807) is 24.3 Å². The number of aromatic nitrogens is 1. The van der Waals surface area contributed by atoms with Crippen molar-refractivity contribution in [2.45, 2.75) is 18.7 Å². The van der Waals surface area contributed by atoms with Crippen LogP contribution in [-0.2, 0) is 12.6 Å². The Morgan fingerprint density at radius 2 is 1.86 bits per heavy atom. The molecule has 1 heterocycles. The van der Waals surface area contributed by atoms with Gasteiger partial charge in [-0.05, 0) is 23.8 Å². The fourth-order valence-corrected chi connectivity index (χ4v) is 2.03. The van der Waals surface area contributed by atoms with Gasteiger partial charge >= 0.3 is 6.18 Å². The largest absolute Gasteiger partial charge is 0.497 e. The van der Waals surface area contributed by atoms with E-state index in [0.29, 0.717) is 11.3 Å². The van der Waals surface area contributed by atoms with Crippen molar-refractivity contribution in [1.82, 2.24) is 4.98 Å². The first-order valence-corrected chi connectivity index (χ1v) is 6.24. The molecule has 1 atom stereocenters. The number of hydrogen-bond donors (Lipinski definition) is 1. The zero-order valence-electron chi connectivity index (χ0n) is 11.3. The number of alkyl halides is 3. The van der Waals surface area contributed by atoms with Crippen molar-refractivity contribution in [2.24, 2.45) is 0 Å². The van der Waals surface area contributed by atoms with Gasteiger partial charge in [0.2, 0.25) is 0 Å². The van der Waals surface area contributed by atoms with Crippen molar-refractivity contribution in [2.75, 3.05) is 7.11 Å². The average Bonchev–Trinajstić information content (AvgIpc) is 2.47. The Morgan fingerprint density at radius 1 is 1.19 bits per heavy atom. The summed E-state index contributed by atoms with van der Waals surface area (Å²) < 4.78 is 43.7. The van der Waals surface area contributed by atoms with Gasteiger partial charge in [-0.3, -0.25) is 4.98 Å². The average molecular weight is 297 g/mol. The lowest BCUT2D eigenvalue weighted by Crippen LogP contribution is -2.13. The molecule has 1 N–H and O–H groups in total. The van der Waals surface area contributed by atoms with Gasteiger partial charge in [-0.25, -0.2) is 0 Å². The van der Waals surface area contributed by atoms with E-state index in [2.05, 4.69) is 4.98 Å². The Bertz CT molecular complexity index is 597. The van der Waals surface area contributed by atoms with Crippen LogP contribution >= 0.6 is 0 Å². The number of halogens is 3. The number of rotatable bonds is 4. The Balaban J connectivity index is 2.22. The van der Waals surface area contributed by atoms with E-state index in [9.17, 15) is 18.3 Å². The Hall–Kier alpha value is -2.08. The molecule has 2 aromatic rings. The van der Waals surface area contributed by atoms with Gasteiger partial charge in [0.25, 0.3) is 0 Å². The number of nitrogens with zero attached hydrogens (tertiary/aromatic N) is 1. The molecule has 112 valence electrons. The second kappa shape index (κ2) is 6.13. The number of ether oxygens (including phenoxy) is 1. The maximum absolute atomic E-state index is 12.9. The van der Waals surface area contributed by atoms with Crippen molar-refractivity contribution >= 4 is 0 Å². The van der Waals surface area contributed by atoms with E-state index in [1.165, 1.54) is 7.11 Å². The summed E-state index contributed by atoms with van der Waals surface area (Å²) in [5, 5.41) is 10.1. The van der Waals surface area contributed by atoms with E-state index in [0.717, 1.165) is 18.5 Å². The highest BCUT2D eigenvalue weighted by molar-refractivity contribution is 5.32. The van der Waals surface area contributed by atoms with Crippen LogP contribution in [0.1, 0.15) is 22.8 Å². The minimum atomic E-state index is -4.51. The van der Waals surface area contributed by atoms with Gasteiger partial charge in [-0.2, -0.15) is 13.2 Å². The molecule has 6 heteroatoms. The predicted octanol–water partition coefficient (Wildman–Crippen LogP) is 3.39. The molecule has 3 nitrogen and oxygen atoms in total. The van der Waals surface area contributed by atoms with Crippen molar-refractivity contribution in [3.63, 3.8) is 0 Å². The standard InChI is InChI=1S/C15H14F3NO2/c1-21-11-4-2-10(3-5-11)8-14(20)12-9-19-7-6-13(12)15(16,17)18/h2-7,9,14,20H,8H2,1H3. The van der Waals surface area contributed by atoms with Gasteiger partial charge in [0, 0.05) is 24.4 Å². The van der Waals surface area contributed by atoms with Crippen LogP contribution < -0.4 is 4.74 Å². The molecule has 0 fully saturated rings. The lowest BCUT2D eigenvalue weighted by Gasteiger charge is -2.17. The Labute approximate surface area is 120 Å². The van der Waals surface area contributed by atoms with Crippen molar-refractivity contribution in [3.8, 4) is 5.75 Å². The minimum absolute atomic E-state index is 0.0682. The van der Waals surface area contributed by atoms with Gasteiger partial charge in [0.05, 0.1) is 18.8 Å². The summed E-state index contributed by atoms with van der Waals surface area (Å²) in [5.74, 6) is 0.644.